The SMILES string of the molecule is CCN1CCN(c2nc3ccccc3nc2C(C#N)C#N)CC1. The maximum atomic E-state index is 9.29. The predicted molar refractivity (Wildman–Crippen MR) is 87.8 cm³/mol. The molecule has 1 fully saturated rings. The fraction of sp³-hybridized carbons (Fsp3) is 0.412. The molecule has 2 aromatic rings. The van der Waals surface area contributed by atoms with E-state index in [0.717, 1.165) is 38.2 Å². The van der Waals surface area contributed by atoms with E-state index < -0.39 is 5.92 Å². The van der Waals surface area contributed by atoms with Crippen LogP contribution in [0, 0.1) is 22.7 Å². The lowest BCUT2D eigenvalue weighted by Crippen LogP contribution is -2.47. The minimum absolute atomic E-state index is 0.471. The Bertz CT molecular complexity index is 766. The summed E-state index contributed by atoms with van der Waals surface area (Å²) in [6, 6.07) is 11.6. The average Bonchev–Trinajstić information content (AvgIpc) is 2.62. The van der Waals surface area contributed by atoms with Crippen molar-refractivity contribution in [1.29, 1.82) is 10.5 Å². The first-order chi connectivity index (χ1) is 11.3. The zero-order valence-corrected chi connectivity index (χ0v) is 13.1. The summed E-state index contributed by atoms with van der Waals surface area (Å²) in [4.78, 5) is 13.8. The fourth-order valence-corrected chi connectivity index (χ4v) is 2.86. The lowest BCUT2D eigenvalue weighted by molar-refractivity contribution is 0.270. The van der Waals surface area contributed by atoms with Gasteiger partial charge in [-0.2, -0.15) is 10.5 Å². The Morgan fingerprint density at radius 1 is 1.04 bits per heavy atom. The van der Waals surface area contributed by atoms with Crippen LogP contribution in [0.5, 0.6) is 0 Å². The quantitative estimate of drug-likeness (QED) is 0.861. The molecule has 0 unspecified atom stereocenters. The van der Waals surface area contributed by atoms with Crippen LogP contribution in [0.3, 0.4) is 0 Å². The number of fused-ring (bicyclic) bond motifs is 1. The predicted octanol–water partition coefficient (Wildman–Crippen LogP) is 1.90. The molecule has 0 aliphatic carbocycles. The van der Waals surface area contributed by atoms with E-state index >= 15 is 0 Å². The molecular formula is C17H18N6. The third-order valence-corrected chi connectivity index (χ3v) is 4.23. The van der Waals surface area contributed by atoms with Crippen LogP contribution in [0.4, 0.5) is 5.82 Å². The fourth-order valence-electron chi connectivity index (χ4n) is 2.86. The minimum atomic E-state index is -0.897. The molecule has 6 nitrogen and oxygen atoms in total. The lowest BCUT2D eigenvalue weighted by atomic mass is 10.1. The van der Waals surface area contributed by atoms with Crippen molar-refractivity contribution in [3.63, 3.8) is 0 Å². The van der Waals surface area contributed by atoms with Crippen LogP contribution >= 0.6 is 0 Å². The van der Waals surface area contributed by atoms with Gasteiger partial charge < -0.3 is 9.80 Å². The normalized spacial score (nSPS) is 15.6. The third kappa shape index (κ3) is 2.94. The van der Waals surface area contributed by atoms with Gasteiger partial charge in [0.25, 0.3) is 0 Å². The molecule has 23 heavy (non-hydrogen) atoms. The summed E-state index contributed by atoms with van der Waals surface area (Å²) < 4.78 is 0. The molecule has 0 bridgehead atoms. The van der Waals surface area contributed by atoms with Crippen molar-refractivity contribution in [1.82, 2.24) is 14.9 Å². The van der Waals surface area contributed by atoms with Gasteiger partial charge in [-0.25, -0.2) is 9.97 Å². The highest BCUT2D eigenvalue weighted by Crippen LogP contribution is 2.27. The number of benzene rings is 1. The van der Waals surface area contributed by atoms with Crippen molar-refractivity contribution in [3.8, 4) is 12.1 Å². The van der Waals surface area contributed by atoms with Gasteiger partial charge in [0.15, 0.2) is 11.7 Å². The van der Waals surface area contributed by atoms with Gasteiger partial charge in [0.05, 0.1) is 23.2 Å². The molecule has 2 heterocycles. The van der Waals surface area contributed by atoms with E-state index in [9.17, 15) is 10.5 Å². The molecule has 1 aliphatic heterocycles. The van der Waals surface area contributed by atoms with Crippen molar-refractivity contribution in [2.45, 2.75) is 12.8 Å². The Morgan fingerprint density at radius 3 is 2.22 bits per heavy atom. The van der Waals surface area contributed by atoms with Crippen molar-refractivity contribution < 1.29 is 0 Å². The molecule has 1 aromatic heterocycles. The molecule has 6 heteroatoms. The molecule has 0 atom stereocenters. The average molecular weight is 306 g/mol. The van der Waals surface area contributed by atoms with E-state index in [1.54, 1.807) is 0 Å². The first-order valence-electron chi connectivity index (χ1n) is 7.80. The zero-order chi connectivity index (χ0) is 16.2. The monoisotopic (exact) mass is 306 g/mol. The van der Waals surface area contributed by atoms with Gasteiger partial charge in [-0.1, -0.05) is 19.1 Å². The largest absolute Gasteiger partial charge is 0.352 e. The van der Waals surface area contributed by atoms with E-state index in [0.29, 0.717) is 17.0 Å². The highest BCUT2D eigenvalue weighted by molar-refractivity contribution is 5.77. The second kappa shape index (κ2) is 6.60. The van der Waals surface area contributed by atoms with Crippen LogP contribution in [-0.4, -0.2) is 47.6 Å². The highest BCUT2D eigenvalue weighted by Gasteiger charge is 2.25. The summed E-state index contributed by atoms with van der Waals surface area (Å²) in [6.45, 7) is 6.75. The number of hydrogen-bond donors (Lipinski definition) is 0. The molecule has 0 amide bonds. The number of para-hydroxylation sites is 2. The Balaban J connectivity index is 2.05. The van der Waals surface area contributed by atoms with Crippen LogP contribution in [0.2, 0.25) is 0 Å². The first kappa shape index (κ1) is 15.2. The number of aromatic nitrogens is 2. The van der Waals surface area contributed by atoms with Gasteiger partial charge in [0.2, 0.25) is 0 Å². The van der Waals surface area contributed by atoms with Crippen molar-refractivity contribution in [3.05, 3.63) is 30.0 Å². The van der Waals surface area contributed by atoms with Crippen LogP contribution in [0.15, 0.2) is 24.3 Å². The molecule has 0 radical (unpaired) electrons. The van der Waals surface area contributed by atoms with E-state index in [2.05, 4.69) is 21.7 Å². The Morgan fingerprint density at radius 2 is 1.65 bits per heavy atom. The molecule has 0 spiro atoms. The standard InChI is InChI=1S/C17H18N6/c1-2-22-7-9-23(10-8-22)17-16(13(11-18)12-19)20-14-5-3-4-6-15(14)21-17/h3-6,13H,2,7-10H2,1H3. The maximum absolute atomic E-state index is 9.29. The zero-order valence-electron chi connectivity index (χ0n) is 13.1. The van der Waals surface area contributed by atoms with Gasteiger partial charge in [-0.15, -0.1) is 0 Å². The van der Waals surface area contributed by atoms with Gasteiger partial charge >= 0.3 is 0 Å². The number of anilines is 1. The summed E-state index contributed by atoms with van der Waals surface area (Å²) in [6.07, 6.45) is 0. The number of nitriles is 2. The summed E-state index contributed by atoms with van der Waals surface area (Å²) in [5.74, 6) is -0.223. The summed E-state index contributed by atoms with van der Waals surface area (Å²) in [5, 5.41) is 18.6. The molecular weight excluding hydrogens is 288 g/mol. The minimum Gasteiger partial charge on any atom is -0.352 e. The van der Waals surface area contributed by atoms with E-state index in [1.807, 2.05) is 36.4 Å². The number of nitrogens with zero attached hydrogens (tertiary/aromatic N) is 6. The molecule has 3 rings (SSSR count). The van der Waals surface area contributed by atoms with Crippen LogP contribution in [0.25, 0.3) is 11.0 Å². The van der Waals surface area contributed by atoms with E-state index in [1.165, 1.54) is 0 Å². The number of likely N-dealkylation sites (N-methyl/N-ethyl adjacent to an activating group) is 1. The van der Waals surface area contributed by atoms with E-state index in [-0.39, 0.29) is 0 Å². The van der Waals surface area contributed by atoms with Gasteiger partial charge in [0.1, 0.15) is 5.69 Å². The summed E-state index contributed by atoms with van der Waals surface area (Å²) in [5.41, 5.74) is 1.98. The Hall–Kier alpha value is -2.70. The highest BCUT2D eigenvalue weighted by atomic mass is 15.3. The number of hydrogen-bond acceptors (Lipinski definition) is 6. The summed E-state index contributed by atoms with van der Waals surface area (Å²) in [7, 11) is 0. The van der Waals surface area contributed by atoms with Gasteiger partial charge in [0, 0.05) is 26.2 Å². The molecule has 116 valence electrons. The van der Waals surface area contributed by atoms with Crippen LogP contribution in [-0.2, 0) is 0 Å². The second-order valence-corrected chi connectivity index (χ2v) is 5.53. The topological polar surface area (TPSA) is 79.8 Å². The van der Waals surface area contributed by atoms with E-state index in [4.69, 9.17) is 4.98 Å². The summed E-state index contributed by atoms with van der Waals surface area (Å²) >= 11 is 0. The number of piperazine rings is 1. The Labute approximate surface area is 135 Å². The van der Waals surface area contributed by atoms with Gasteiger partial charge in [-0.05, 0) is 18.7 Å². The second-order valence-electron chi connectivity index (χ2n) is 5.53. The van der Waals surface area contributed by atoms with Crippen molar-refractivity contribution in [2.24, 2.45) is 0 Å². The Kier molecular flexibility index (Phi) is 4.36. The van der Waals surface area contributed by atoms with Crippen LogP contribution < -0.4 is 4.90 Å². The van der Waals surface area contributed by atoms with Crippen molar-refractivity contribution >= 4 is 16.9 Å². The van der Waals surface area contributed by atoms with Crippen molar-refractivity contribution in [2.75, 3.05) is 37.6 Å². The molecule has 1 aromatic carbocycles. The molecule has 0 saturated carbocycles. The molecule has 0 N–H and O–H groups in total. The first-order valence-corrected chi connectivity index (χ1v) is 7.80. The molecule has 1 saturated heterocycles. The number of rotatable bonds is 3. The van der Waals surface area contributed by atoms with Crippen LogP contribution in [0.1, 0.15) is 18.5 Å². The van der Waals surface area contributed by atoms with Gasteiger partial charge in [-0.3, -0.25) is 0 Å². The molecule has 1 aliphatic rings. The smallest absolute Gasteiger partial charge is 0.178 e. The lowest BCUT2D eigenvalue weighted by Gasteiger charge is -2.35. The third-order valence-electron chi connectivity index (χ3n) is 4.23. The maximum Gasteiger partial charge on any atom is 0.178 e.